The fourth-order valence-corrected chi connectivity index (χ4v) is 2.10. The number of oxime groups is 1. The molecule has 0 aliphatic carbocycles. The van der Waals surface area contributed by atoms with E-state index in [1.807, 2.05) is 37.1 Å². The summed E-state index contributed by atoms with van der Waals surface area (Å²) in [4.78, 5) is 1.95. The first kappa shape index (κ1) is 14.3. The van der Waals surface area contributed by atoms with E-state index in [0.717, 1.165) is 10.0 Å². The van der Waals surface area contributed by atoms with Crippen LogP contribution in [0.25, 0.3) is 0 Å². The van der Waals surface area contributed by atoms with E-state index in [1.165, 1.54) is 0 Å². The maximum absolute atomic E-state index is 8.62. The number of halogens is 2. The zero-order chi connectivity index (χ0) is 13.0. The lowest BCUT2D eigenvalue weighted by atomic mass is 10.2. The molecule has 0 heterocycles. The van der Waals surface area contributed by atoms with Crippen LogP contribution < -0.4 is 5.73 Å². The van der Waals surface area contributed by atoms with Gasteiger partial charge >= 0.3 is 0 Å². The molecule has 1 aromatic rings. The summed E-state index contributed by atoms with van der Waals surface area (Å²) in [6.07, 6.45) is 0. The summed E-state index contributed by atoms with van der Waals surface area (Å²) in [6.45, 7) is 2.49. The molecule has 94 valence electrons. The number of hydrogen-bond acceptors (Lipinski definition) is 3. The Labute approximate surface area is 114 Å². The van der Waals surface area contributed by atoms with Crippen molar-refractivity contribution in [3.05, 3.63) is 33.3 Å². The van der Waals surface area contributed by atoms with Crippen LogP contribution in [0.5, 0.6) is 0 Å². The minimum atomic E-state index is -0.153. The van der Waals surface area contributed by atoms with Gasteiger partial charge in [0.05, 0.1) is 6.04 Å². The first-order valence-corrected chi connectivity index (χ1v) is 6.24. The molecule has 0 aliphatic heterocycles. The van der Waals surface area contributed by atoms with Crippen molar-refractivity contribution in [2.24, 2.45) is 10.9 Å². The Morgan fingerprint density at radius 2 is 2.29 bits per heavy atom. The second-order valence-corrected chi connectivity index (χ2v) is 5.17. The summed E-state index contributed by atoms with van der Waals surface area (Å²) >= 11 is 9.48. The predicted octanol–water partition coefficient (Wildman–Crippen LogP) is 2.67. The number of nitrogens with two attached hydrogens (primary N) is 1. The van der Waals surface area contributed by atoms with Crippen LogP contribution in [-0.2, 0) is 6.54 Å². The van der Waals surface area contributed by atoms with Gasteiger partial charge in [0.1, 0.15) is 0 Å². The standard InChI is InChI=1S/C11H15BrClN3O/c1-7(11(14)15-17)16(2)6-8-3-4-9(12)5-10(8)13/h3-5,7,17H,6H2,1-2H3,(H2,14,15). The zero-order valence-corrected chi connectivity index (χ0v) is 12.0. The molecular formula is C11H15BrClN3O. The average molecular weight is 321 g/mol. The highest BCUT2D eigenvalue weighted by molar-refractivity contribution is 9.10. The van der Waals surface area contributed by atoms with E-state index in [0.29, 0.717) is 11.6 Å². The van der Waals surface area contributed by atoms with Gasteiger partial charge in [-0.2, -0.15) is 0 Å². The minimum absolute atomic E-state index is 0.153. The molecule has 0 spiro atoms. The number of hydrogen-bond donors (Lipinski definition) is 2. The Balaban J connectivity index is 2.77. The molecule has 0 saturated carbocycles. The third kappa shape index (κ3) is 3.87. The molecule has 1 atom stereocenters. The zero-order valence-electron chi connectivity index (χ0n) is 9.69. The van der Waals surface area contributed by atoms with Gasteiger partial charge in [0.25, 0.3) is 0 Å². The largest absolute Gasteiger partial charge is 0.409 e. The van der Waals surface area contributed by atoms with Crippen LogP contribution in [0, 0.1) is 0 Å². The second-order valence-electron chi connectivity index (χ2n) is 3.85. The molecule has 1 rings (SSSR count). The topological polar surface area (TPSA) is 61.9 Å². The fraction of sp³-hybridized carbons (Fsp3) is 0.364. The highest BCUT2D eigenvalue weighted by atomic mass is 79.9. The van der Waals surface area contributed by atoms with Gasteiger partial charge in [-0.05, 0) is 31.7 Å². The van der Waals surface area contributed by atoms with Crippen LogP contribution in [0.1, 0.15) is 12.5 Å². The van der Waals surface area contributed by atoms with Gasteiger partial charge in [-0.15, -0.1) is 0 Å². The summed E-state index contributed by atoms with van der Waals surface area (Å²) in [5.74, 6) is 0.181. The van der Waals surface area contributed by atoms with E-state index in [9.17, 15) is 0 Å². The molecule has 6 heteroatoms. The van der Waals surface area contributed by atoms with Crippen molar-refractivity contribution in [2.75, 3.05) is 7.05 Å². The van der Waals surface area contributed by atoms with Gasteiger partial charge < -0.3 is 10.9 Å². The van der Waals surface area contributed by atoms with Crippen molar-refractivity contribution >= 4 is 33.4 Å². The van der Waals surface area contributed by atoms with Crippen molar-refractivity contribution in [3.8, 4) is 0 Å². The number of likely N-dealkylation sites (N-methyl/N-ethyl adjacent to an activating group) is 1. The van der Waals surface area contributed by atoms with E-state index in [2.05, 4.69) is 21.1 Å². The third-order valence-corrected chi connectivity index (χ3v) is 3.48. The van der Waals surface area contributed by atoms with Gasteiger partial charge in [-0.1, -0.05) is 38.8 Å². The fourth-order valence-electron chi connectivity index (χ4n) is 1.36. The van der Waals surface area contributed by atoms with Crippen molar-refractivity contribution in [2.45, 2.75) is 19.5 Å². The first-order chi connectivity index (χ1) is 7.95. The lowest BCUT2D eigenvalue weighted by Gasteiger charge is -2.23. The third-order valence-electron chi connectivity index (χ3n) is 2.64. The summed E-state index contributed by atoms with van der Waals surface area (Å²) in [6, 6.07) is 5.57. The molecule has 1 unspecified atom stereocenters. The van der Waals surface area contributed by atoms with Crippen LogP contribution in [0.15, 0.2) is 27.8 Å². The molecule has 4 nitrogen and oxygen atoms in total. The van der Waals surface area contributed by atoms with Gasteiger partial charge in [0.15, 0.2) is 5.84 Å². The van der Waals surface area contributed by atoms with E-state index in [-0.39, 0.29) is 11.9 Å². The van der Waals surface area contributed by atoms with E-state index >= 15 is 0 Å². The quantitative estimate of drug-likeness (QED) is 0.388. The Kier molecular flexibility index (Phi) is 5.24. The van der Waals surface area contributed by atoms with Crippen LogP contribution in [0.2, 0.25) is 5.02 Å². The molecule has 0 saturated heterocycles. The van der Waals surface area contributed by atoms with Crippen molar-refractivity contribution < 1.29 is 5.21 Å². The van der Waals surface area contributed by atoms with Gasteiger partial charge in [0.2, 0.25) is 0 Å². The Bertz CT molecular complexity index is 425. The normalized spacial score (nSPS) is 14.1. The highest BCUT2D eigenvalue weighted by Crippen LogP contribution is 2.22. The average Bonchev–Trinajstić information content (AvgIpc) is 2.30. The Hall–Kier alpha value is -0.780. The molecule has 0 fully saturated rings. The van der Waals surface area contributed by atoms with Crippen molar-refractivity contribution in [1.82, 2.24) is 4.90 Å². The Morgan fingerprint density at radius 3 is 2.82 bits per heavy atom. The number of benzene rings is 1. The smallest absolute Gasteiger partial charge is 0.156 e. The second kappa shape index (κ2) is 6.23. The maximum atomic E-state index is 8.62. The molecule has 1 aromatic carbocycles. The van der Waals surface area contributed by atoms with Gasteiger partial charge in [-0.3, -0.25) is 4.90 Å². The SMILES string of the molecule is CC(/C(N)=N/O)N(C)Cc1ccc(Br)cc1Cl. The van der Waals surface area contributed by atoms with Crippen molar-refractivity contribution in [3.63, 3.8) is 0 Å². The lowest BCUT2D eigenvalue weighted by molar-refractivity contribution is 0.279. The van der Waals surface area contributed by atoms with E-state index in [1.54, 1.807) is 0 Å². The van der Waals surface area contributed by atoms with Crippen LogP contribution in [0.3, 0.4) is 0 Å². The molecule has 0 aliphatic rings. The number of nitrogens with zero attached hydrogens (tertiary/aromatic N) is 2. The lowest BCUT2D eigenvalue weighted by Crippen LogP contribution is -2.40. The minimum Gasteiger partial charge on any atom is -0.409 e. The van der Waals surface area contributed by atoms with E-state index < -0.39 is 0 Å². The number of amidine groups is 1. The molecule has 0 bridgehead atoms. The molecule has 0 aromatic heterocycles. The monoisotopic (exact) mass is 319 g/mol. The van der Waals surface area contributed by atoms with Crippen molar-refractivity contribution in [1.29, 1.82) is 0 Å². The highest BCUT2D eigenvalue weighted by Gasteiger charge is 2.15. The Morgan fingerprint density at radius 1 is 1.65 bits per heavy atom. The van der Waals surface area contributed by atoms with E-state index in [4.69, 9.17) is 22.5 Å². The first-order valence-electron chi connectivity index (χ1n) is 5.07. The molecule has 0 amide bonds. The number of rotatable bonds is 4. The van der Waals surface area contributed by atoms with Crippen LogP contribution in [-0.4, -0.2) is 29.0 Å². The molecular weight excluding hydrogens is 305 g/mol. The molecule has 0 radical (unpaired) electrons. The maximum Gasteiger partial charge on any atom is 0.156 e. The van der Waals surface area contributed by atoms with Crippen LogP contribution in [0.4, 0.5) is 0 Å². The summed E-state index contributed by atoms with van der Waals surface area (Å²) in [5, 5.41) is 12.3. The molecule has 17 heavy (non-hydrogen) atoms. The van der Waals surface area contributed by atoms with Gasteiger partial charge in [-0.25, -0.2) is 0 Å². The van der Waals surface area contributed by atoms with Crippen LogP contribution >= 0.6 is 27.5 Å². The summed E-state index contributed by atoms with van der Waals surface area (Å²) in [5.41, 5.74) is 6.55. The molecule has 3 N–H and O–H groups in total. The predicted molar refractivity (Wildman–Crippen MR) is 73.5 cm³/mol. The summed E-state index contributed by atoms with van der Waals surface area (Å²) in [7, 11) is 1.89. The summed E-state index contributed by atoms with van der Waals surface area (Å²) < 4.78 is 0.943. The van der Waals surface area contributed by atoms with Gasteiger partial charge in [0, 0.05) is 16.0 Å².